The minimum Gasteiger partial charge on any atom is -0.481 e. The third-order valence-electron chi connectivity index (χ3n) is 3.51. The largest absolute Gasteiger partial charge is 0.481 e. The van der Waals surface area contributed by atoms with Crippen LogP contribution in [0.4, 0.5) is 0 Å². The first-order valence-electron chi connectivity index (χ1n) is 7.38. The first-order valence-corrected chi connectivity index (χ1v) is 8.26. The molecule has 3 rings (SSSR count). The van der Waals surface area contributed by atoms with Crippen LogP contribution in [0.5, 0.6) is 0 Å². The van der Waals surface area contributed by atoms with E-state index in [-0.39, 0.29) is 18.1 Å². The third-order valence-corrected chi connectivity index (χ3v) is 4.40. The summed E-state index contributed by atoms with van der Waals surface area (Å²) in [6.45, 7) is 1.77. The van der Waals surface area contributed by atoms with Crippen molar-refractivity contribution in [1.82, 2.24) is 4.68 Å². The van der Waals surface area contributed by atoms with Crippen molar-refractivity contribution in [1.29, 1.82) is 0 Å². The SMILES string of the molecule is Cc1ccc(C(=O)Nn2c(CCC(=O)O)ccc2-c2cccs2)o1. The highest BCUT2D eigenvalue weighted by atomic mass is 32.1. The van der Waals surface area contributed by atoms with Crippen molar-refractivity contribution >= 4 is 23.2 Å². The Bertz CT molecular complexity index is 861. The van der Waals surface area contributed by atoms with Crippen LogP contribution in [-0.2, 0) is 11.2 Å². The molecule has 3 aromatic heterocycles. The Morgan fingerprint density at radius 1 is 1.25 bits per heavy atom. The van der Waals surface area contributed by atoms with Crippen molar-refractivity contribution in [2.45, 2.75) is 19.8 Å². The monoisotopic (exact) mass is 344 g/mol. The predicted octanol–water partition coefficient (Wildman–Crippen LogP) is 3.52. The van der Waals surface area contributed by atoms with Gasteiger partial charge in [0, 0.05) is 12.1 Å². The van der Waals surface area contributed by atoms with Crippen molar-refractivity contribution in [2.75, 3.05) is 5.43 Å². The molecule has 0 fully saturated rings. The second kappa shape index (κ2) is 6.76. The number of aryl methyl sites for hydroxylation is 2. The molecule has 0 saturated carbocycles. The molecule has 0 aromatic carbocycles. The van der Waals surface area contributed by atoms with Gasteiger partial charge in [0.1, 0.15) is 5.76 Å². The number of hydrogen-bond donors (Lipinski definition) is 2. The number of amides is 1. The van der Waals surface area contributed by atoms with Crippen molar-refractivity contribution in [2.24, 2.45) is 0 Å². The van der Waals surface area contributed by atoms with Crippen LogP contribution in [0.3, 0.4) is 0 Å². The van der Waals surface area contributed by atoms with Crippen LogP contribution in [-0.4, -0.2) is 21.7 Å². The lowest BCUT2D eigenvalue weighted by Gasteiger charge is -2.13. The predicted molar refractivity (Wildman–Crippen MR) is 90.8 cm³/mol. The van der Waals surface area contributed by atoms with E-state index in [2.05, 4.69) is 5.43 Å². The molecule has 3 heterocycles. The molecule has 2 N–H and O–H groups in total. The van der Waals surface area contributed by atoms with Crippen molar-refractivity contribution in [3.63, 3.8) is 0 Å². The van der Waals surface area contributed by atoms with Gasteiger partial charge in [-0.3, -0.25) is 19.7 Å². The minimum atomic E-state index is -0.881. The van der Waals surface area contributed by atoms with Crippen LogP contribution in [0.25, 0.3) is 10.6 Å². The van der Waals surface area contributed by atoms with Gasteiger partial charge < -0.3 is 9.52 Å². The molecule has 7 heteroatoms. The minimum absolute atomic E-state index is 0.0103. The van der Waals surface area contributed by atoms with Crippen molar-refractivity contribution in [3.05, 3.63) is 59.0 Å². The summed E-state index contributed by atoms with van der Waals surface area (Å²) in [5, 5.41) is 10.9. The maximum atomic E-state index is 12.4. The van der Waals surface area contributed by atoms with Gasteiger partial charge in [-0.15, -0.1) is 11.3 Å². The molecule has 0 aliphatic carbocycles. The van der Waals surface area contributed by atoms with Gasteiger partial charge in [0.25, 0.3) is 0 Å². The average Bonchev–Trinajstić information content (AvgIpc) is 3.25. The van der Waals surface area contributed by atoms with Gasteiger partial charge in [-0.25, -0.2) is 0 Å². The smallest absolute Gasteiger partial charge is 0.305 e. The van der Waals surface area contributed by atoms with E-state index in [0.717, 1.165) is 16.3 Å². The summed E-state index contributed by atoms with van der Waals surface area (Å²) in [5.41, 5.74) is 4.33. The summed E-state index contributed by atoms with van der Waals surface area (Å²) >= 11 is 1.54. The number of carbonyl (C=O) groups is 2. The van der Waals surface area contributed by atoms with Crippen molar-refractivity contribution in [3.8, 4) is 10.6 Å². The molecule has 1 amide bonds. The van der Waals surface area contributed by atoms with Crippen LogP contribution < -0.4 is 5.43 Å². The Balaban J connectivity index is 1.91. The summed E-state index contributed by atoms with van der Waals surface area (Å²) in [6, 6.07) is 10.9. The topological polar surface area (TPSA) is 84.5 Å². The number of rotatable bonds is 6. The number of nitrogens with zero attached hydrogens (tertiary/aromatic N) is 1. The fraction of sp³-hybridized carbons (Fsp3) is 0.176. The van der Waals surface area contributed by atoms with Crippen LogP contribution in [0.1, 0.15) is 28.4 Å². The molecule has 0 radical (unpaired) electrons. The molecular weight excluding hydrogens is 328 g/mol. The molecule has 0 bridgehead atoms. The van der Waals surface area contributed by atoms with Gasteiger partial charge in [-0.2, -0.15) is 0 Å². The number of carboxylic acid groups (broad SMARTS) is 1. The number of thiophene rings is 1. The van der Waals surface area contributed by atoms with E-state index in [9.17, 15) is 9.59 Å². The number of carbonyl (C=O) groups excluding carboxylic acids is 1. The van der Waals surface area contributed by atoms with E-state index in [1.54, 1.807) is 35.1 Å². The Hall–Kier alpha value is -2.80. The van der Waals surface area contributed by atoms with E-state index in [1.165, 1.54) is 0 Å². The maximum absolute atomic E-state index is 12.4. The van der Waals surface area contributed by atoms with Gasteiger partial charge >= 0.3 is 11.9 Å². The standard InChI is InChI=1S/C17H16N2O4S/c1-11-4-8-14(23-11)17(22)18-19-12(6-9-16(20)21)5-7-13(19)15-3-2-10-24-15/h2-5,7-8,10H,6,9H2,1H3,(H,18,22)(H,20,21). The number of furan rings is 1. The van der Waals surface area contributed by atoms with E-state index in [1.807, 2.05) is 29.6 Å². The molecule has 0 spiro atoms. The van der Waals surface area contributed by atoms with Gasteiger partial charge in [0.2, 0.25) is 0 Å². The third kappa shape index (κ3) is 3.41. The summed E-state index contributed by atoms with van der Waals surface area (Å²) in [4.78, 5) is 24.2. The molecule has 3 aromatic rings. The Morgan fingerprint density at radius 2 is 2.08 bits per heavy atom. The fourth-order valence-corrected chi connectivity index (χ4v) is 3.11. The van der Waals surface area contributed by atoms with E-state index >= 15 is 0 Å². The highest BCUT2D eigenvalue weighted by Crippen LogP contribution is 2.27. The van der Waals surface area contributed by atoms with Gasteiger partial charge in [-0.1, -0.05) is 6.07 Å². The molecule has 124 valence electrons. The molecule has 0 unspecified atom stereocenters. The summed E-state index contributed by atoms with van der Waals surface area (Å²) in [6.07, 6.45) is 0.307. The van der Waals surface area contributed by atoms with Crippen LogP contribution in [0.15, 0.2) is 46.2 Å². The van der Waals surface area contributed by atoms with E-state index < -0.39 is 5.97 Å². The summed E-state index contributed by atoms with van der Waals surface area (Å²) in [7, 11) is 0. The number of aromatic nitrogens is 1. The number of carboxylic acids is 1. The zero-order valence-electron chi connectivity index (χ0n) is 13.0. The first kappa shape index (κ1) is 16.1. The fourth-order valence-electron chi connectivity index (χ4n) is 2.37. The lowest BCUT2D eigenvalue weighted by molar-refractivity contribution is -0.136. The Labute approximate surface area is 142 Å². The van der Waals surface area contributed by atoms with Crippen LogP contribution >= 0.6 is 11.3 Å². The molecule has 0 atom stereocenters. The molecule has 6 nitrogen and oxygen atoms in total. The summed E-state index contributed by atoms with van der Waals surface area (Å²) in [5.74, 6) is -0.401. The summed E-state index contributed by atoms with van der Waals surface area (Å²) < 4.78 is 6.98. The van der Waals surface area contributed by atoms with Gasteiger partial charge in [0.15, 0.2) is 5.76 Å². The highest BCUT2D eigenvalue weighted by Gasteiger charge is 2.17. The van der Waals surface area contributed by atoms with Gasteiger partial charge in [-0.05, 0) is 42.6 Å². The lowest BCUT2D eigenvalue weighted by atomic mass is 10.2. The molecule has 0 aliphatic rings. The number of nitrogens with one attached hydrogen (secondary N) is 1. The van der Waals surface area contributed by atoms with E-state index in [4.69, 9.17) is 9.52 Å². The molecular formula is C17H16N2O4S. The Kier molecular flexibility index (Phi) is 4.52. The Morgan fingerprint density at radius 3 is 2.71 bits per heavy atom. The number of aliphatic carboxylic acids is 1. The number of hydrogen-bond acceptors (Lipinski definition) is 4. The molecule has 0 aliphatic heterocycles. The average molecular weight is 344 g/mol. The second-order valence-electron chi connectivity index (χ2n) is 5.27. The van der Waals surface area contributed by atoms with Crippen LogP contribution in [0.2, 0.25) is 0 Å². The van der Waals surface area contributed by atoms with Crippen LogP contribution in [0, 0.1) is 6.92 Å². The quantitative estimate of drug-likeness (QED) is 0.716. The van der Waals surface area contributed by atoms with E-state index in [0.29, 0.717) is 12.2 Å². The van der Waals surface area contributed by atoms with Gasteiger partial charge in [0.05, 0.1) is 17.0 Å². The normalized spacial score (nSPS) is 10.7. The lowest BCUT2D eigenvalue weighted by Crippen LogP contribution is -2.25. The second-order valence-corrected chi connectivity index (χ2v) is 6.22. The zero-order chi connectivity index (χ0) is 17.1. The first-order chi connectivity index (χ1) is 11.5. The molecule has 0 saturated heterocycles. The molecule has 24 heavy (non-hydrogen) atoms. The maximum Gasteiger partial charge on any atom is 0.305 e. The zero-order valence-corrected chi connectivity index (χ0v) is 13.8. The van der Waals surface area contributed by atoms with Crippen molar-refractivity contribution < 1.29 is 19.1 Å². The highest BCUT2D eigenvalue weighted by molar-refractivity contribution is 7.13.